The van der Waals surface area contributed by atoms with Crippen LogP contribution in [0, 0.1) is 11.8 Å². The Labute approximate surface area is 98.8 Å². The fourth-order valence-corrected chi connectivity index (χ4v) is 2.60. The standard InChI is InChI=1S/C10H16N4O3/c1-2-14-9(15)6-3-13(5-8(11)12-17)4-7(6)10(14)16/h6-7,17H,2-5H2,1H3,(H2,11,12). The lowest BCUT2D eigenvalue weighted by Gasteiger charge is -2.18. The zero-order chi connectivity index (χ0) is 12.6. The van der Waals surface area contributed by atoms with E-state index in [1.165, 1.54) is 4.90 Å². The molecule has 2 unspecified atom stereocenters. The summed E-state index contributed by atoms with van der Waals surface area (Å²) >= 11 is 0. The molecule has 2 rings (SSSR count). The molecule has 94 valence electrons. The molecule has 7 nitrogen and oxygen atoms in total. The molecule has 0 aromatic carbocycles. The molecular weight excluding hydrogens is 224 g/mol. The minimum atomic E-state index is -0.256. The van der Waals surface area contributed by atoms with Crippen molar-refractivity contribution in [1.29, 1.82) is 0 Å². The average Bonchev–Trinajstić information content (AvgIpc) is 2.80. The van der Waals surface area contributed by atoms with Crippen LogP contribution in [0.5, 0.6) is 0 Å². The summed E-state index contributed by atoms with van der Waals surface area (Å²) in [6, 6.07) is 0. The highest BCUT2D eigenvalue weighted by Gasteiger charge is 2.51. The maximum Gasteiger partial charge on any atom is 0.234 e. The Morgan fingerprint density at radius 2 is 1.94 bits per heavy atom. The van der Waals surface area contributed by atoms with Crippen molar-refractivity contribution in [2.75, 3.05) is 26.2 Å². The molecule has 0 aromatic heterocycles. The fraction of sp³-hybridized carbons (Fsp3) is 0.700. The van der Waals surface area contributed by atoms with Gasteiger partial charge in [-0.15, -0.1) is 0 Å². The molecule has 2 aliphatic heterocycles. The molecule has 7 heteroatoms. The third-order valence-electron chi connectivity index (χ3n) is 3.39. The number of hydrogen-bond acceptors (Lipinski definition) is 5. The molecule has 2 atom stereocenters. The lowest BCUT2D eigenvalue weighted by molar-refractivity contribution is -0.140. The number of oxime groups is 1. The first-order valence-corrected chi connectivity index (χ1v) is 5.62. The second kappa shape index (κ2) is 4.33. The summed E-state index contributed by atoms with van der Waals surface area (Å²) in [5.41, 5.74) is 5.40. The summed E-state index contributed by atoms with van der Waals surface area (Å²) in [6.07, 6.45) is 0. The second-order valence-corrected chi connectivity index (χ2v) is 4.42. The van der Waals surface area contributed by atoms with Crippen LogP contribution in [-0.2, 0) is 9.59 Å². The van der Waals surface area contributed by atoms with Crippen LogP contribution < -0.4 is 5.73 Å². The van der Waals surface area contributed by atoms with Crippen LogP contribution in [0.1, 0.15) is 6.92 Å². The van der Waals surface area contributed by atoms with Crippen LogP contribution in [-0.4, -0.2) is 58.8 Å². The van der Waals surface area contributed by atoms with Gasteiger partial charge in [-0.3, -0.25) is 19.4 Å². The van der Waals surface area contributed by atoms with Gasteiger partial charge in [-0.05, 0) is 6.92 Å². The van der Waals surface area contributed by atoms with Gasteiger partial charge in [0.15, 0.2) is 5.84 Å². The number of amides is 2. The van der Waals surface area contributed by atoms with E-state index in [4.69, 9.17) is 10.9 Å². The number of hydrogen-bond donors (Lipinski definition) is 2. The predicted octanol–water partition coefficient (Wildman–Crippen LogP) is -1.33. The maximum absolute atomic E-state index is 11.9. The molecule has 2 heterocycles. The molecule has 2 aliphatic rings. The van der Waals surface area contributed by atoms with E-state index in [2.05, 4.69) is 5.16 Å². The molecule has 0 bridgehead atoms. The van der Waals surface area contributed by atoms with Crippen molar-refractivity contribution in [3.8, 4) is 0 Å². The van der Waals surface area contributed by atoms with E-state index in [1.807, 2.05) is 4.90 Å². The lowest BCUT2D eigenvalue weighted by Crippen LogP contribution is -2.38. The van der Waals surface area contributed by atoms with Crippen molar-refractivity contribution in [3.05, 3.63) is 0 Å². The van der Waals surface area contributed by atoms with Crippen molar-refractivity contribution < 1.29 is 14.8 Å². The van der Waals surface area contributed by atoms with E-state index >= 15 is 0 Å². The van der Waals surface area contributed by atoms with Gasteiger partial charge in [0.25, 0.3) is 0 Å². The Hall–Kier alpha value is -1.63. The van der Waals surface area contributed by atoms with Gasteiger partial charge in [0.2, 0.25) is 11.8 Å². The van der Waals surface area contributed by atoms with Gasteiger partial charge in [0, 0.05) is 19.6 Å². The fourth-order valence-electron chi connectivity index (χ4n) is 2.60. The second-order valence-electron chi connectivity index (χ2n) is 4.42. The number of carbonyl (C=O) groups excluding carboxylic acids is 2. The van der Waals surface area contributed by atoms with Gasteiger partial charge < -0.3 is 10.9 Å². The summed E-state index contributed by atoms with van der Waals surface area (Å²) in [7, 11) is 0. The van der Waals surface area contributed by atoms with Crippen LogP contribution >= 0.6 is 0 Å². The number of nitrogens with zero attached hydrogens (tertiary/aromatic N) is 3. The van der Waals surface area contributed by atoms with Crippen molar-refractivity contribution in [2.24, 2.45) is 22.7 Å². The first kappa shape index (κ1) is 11.8. The number of amidine groups is 1. The minimum Gasteiger partial charge on any atom is -0.409 e. The minimum absolute atomic E-state index is 0.0930. The Balaban J connectivity index is 2.05. The van der Waals surface area contributed by atoms with Crippen LogP contribution in [0.4, 0.5) is 0 Å². The molecule has 0 spiro atoms. The molecular formula is C10H16N4O3. The van der Waals surface area contributed by atoms with E-state index in [-0.39, 0.29) is 36.0 Å². The van der Waals surface area contributed by atoms with Crippen molar-refractivity contribution >= 4 is 17.6 Å². The third-order valence-corrected chi connectivity index (χ3v) is 3.39. The smallest absolute Gasteiger partial charge is 0.234 e. The summed E-state index contributed by atoms with van der Waals surface area (Å²) in [5.74, 6) is -0.603. The average molecular weight is 240 g/mol. The lowest BCUT2D eigenvalue weighted by atomic mass is 10.00. The van der Waals surface area contributed by atoms with Gasteiger partial charge in [0.1, 0.15) is 0 Å². The maximum atomic E-state index is 11.9. The number of carbonyl (C=O) groups is 2. The Morgan fingerprint density at radius 3 is 2.35 bits per heavy atom. The van der Waals surface area contributed by atoms with E-state index < -0.39 is 0 Å². The summed E-state index contributed by atoms with van der Waals surface area (Å²) in [5, 5.41) is 11.4. The van der Waals surface area contributed by atoms with Crippen LogP contribution in [0.25, 0.3) is 0 Å². The normalized spacial score (nSPS) is 30.2. The molecule has 0 aromatic rings. The van der Waals surface area contributed by atoms with Gasteiger partial charge >= 0.3 is 0 Å². The van der Waals surface area contributed by atoms with Crippen LogP contribution in [0.2, 0.25) is 0 Å². The van der Waals surface area contributed by atoms with Gasteiger partial charge in [-0.25, -0.2) is 0 Å². The van der Waals surface area contributed by atoms with E-state index in [0.29, 0.717) is 19.6 Å². The van der Waals surface area contributed by atoms with Crippen molar-refractivity contribution in [3.63, 3.8) is 0 Å². The van der Waals surface area contributed by atoms with Crippen molar-refractivity contribution in [1.82, 2.24) is 9.80 Å². The van der Waals surface area contributed by atoms with Gasteiger partial charge in [-0.1, -0.05) is 5.16 Å². The Kier molecular flexibility index (Phi) is 3.01. The number of rotatable bonds is 3. The largest absolute Gasteiger partial charge is 0.409 e. The van der Waals surface area contributed by atoms with Crippen LogP contribution in [0.3, 0.4) is 0 Å². The van der Waals surface area contributed by atoms with Crippen molar-refractivity contribution in [2.45, 2.75) is 6.92 Å². The summed E-state index contributed by atoms with van der Waals surface area (Å²) < 4.78 is 0. The molecule has 2 fully saturated rings. The Morgan fingerprint density at radius 1 is 1.41 bits per heavy atom. The SMILES string of the molecule is CCN1C(=O)C2CN(C/C(N)=N/O)CC2C1=O. The molecule has 2 saturated heterocycles. The topological polar surface area (TPSA) is 99.2 Å². The molecule has 3 N–H and O–H groups in total. The number of nitrogens with two attached hydrogens (primary N) is 1. The van der Waals surface area contributed by atoms with E-state index in [9.17, 15) is 9.59 Å². The zero-order valence-electron chi connectivity index (χ0n) is 9.67. The molecule has 0 radical (unpaired) electrons. The summed E-state index contributed by atoms with van der Waals surface area (Å²) in [4.78, 5) is 27.0. The van der Waals surface area contributed by atoms with E-state index in [1.54, 1.807) is 6.92 Å². The first-order chi connectivity index (χ1) is 8.08. The predicted molar refractivity (Wildman–Crippen MR) is 59.2 cm³/mol. The number of fused-ring (bicyclic) bond motifs is 1. The number of imide groups is 1. The molecule has 2 amide bonds. The highest BCUT2D eigenvalue weighted by atomic mass is 16.4. The Bertz CT molecular complexity index is 358. The molecule has 0 aliphatic carbocycles. The summed E-state index contributed by atoms with van der Waals surface area (Å²) in [6.45, 7) is 3.52. The quantitative estimate of drug-likeness (QED) is 0.209. The highest BCUT2D eigenvalue weighted by molar-refractivity contribution is 6.05. The highest BCUT2D eigenvalue weighted by Crippen LogP contribution is 2.32. The monoisotopic (exact) mass is 240 g/mol. The van der Waals surface area contributed by atoms with Crippen LogP contribution in [0.15, 0.2) is 5.16 Å². The molecule has 0 saturated carbocycles. The van der Waals surface area contributed by atoms with Gasteiger partial charge in [0.05, 0.1) is 18.4 Å². The zero-order valence-corrected chi connectivity index (χ0v) is 9.67. The van der Waals surface area contributed by atoms with Gasteiger partial charge in [-0.2, -0.15) is 0 Å². The third kappa shape index (κ3) is 1.86. The first-order valence-electron chi connectivity index (χ1n) is 5.62. The number of likely N-dealkylation sites (tertiary alicyclic amines) is 2. The van der Waals surface area contributed by atoms with E-state index in [0.717, 1.165) is 0 Å². The molecule has 17 heavy (non-hydrogen) atoms.